The van der Waals surface area contributed by atoms with Crippen LogP contribution in [0.2, 0.25) is 0 Å². The molecule has 5 aliphatic rings. The second-order valence-electron chi connectivity index (χ2n) is 12.7. The first-order valence-corrected chi connectivity index (χ1v) is 24.4. The number of aromatic nitrogens is 2. The first kappa shape index (κ1) is 26.0. The number of rotatable bonds is 5. The molecule has 0 amide bonds. The van der Waals surface area contributed by atoms with Crippen LogP contribution in [0, 0.1) is 13.8 Å². The normalized spacial score (nSPS) is 31.5. The molecule has 6 rings (SSSR count). The number of hydrogen-bond acceptors (Lipinski definition) is 1. The van der Waals surface area contributed by atoms with Gasteiger partial charge in [0.2, 0.25) is 7.45 Å². The Morgan fingerprint density at radius 1 is 0.714 bits per heavy atom. The Labute approximate surface area is 219 Å². The van der Waals surface area contributed by atoms with E-state index < -0.39 is 12.9 Å². The van der Waals surface area contributed by atoms with Crippen LogP contribution in [0.3, 0.4) is 0 Å². The Bertz CT molecular complexity index is 875. The fourth-order valence-corrected chi connectivity index (χ4v) is 69.9. The highest BCUT2D eigenvalue weighted by Crippen LogP contribution is 3.23. The van der Waals surface area contributed by atoms with Crippen molar-refractivity contribution in [3.8, 4) is 0 Å². The quantitative estimate of drug-likeness (QED) is 0.333. The summed E-state index contributed by atoms with van der Waals surface area (Å²) in [5, 5.41) is 5.50. The highest BCUT2D eigenvalue weighted by Gasteiger charge is 2.74. The van der Waals surface area contributed by atoms with Gasteiger partial charge in [0.15, 0.2) is 0 Å². The van der Waals surface area contributed by atoms with E-state index in [2.05, 4.69) is 31.9 Å². The Hall–Kier alpha value is 0.800. The maximum atomic E-state index is 5.50. The van der Waals surface area contributed by atoms with Gasteiger partial charge >= 0.3 is 0 Å². The van der Waals surface area contributed by atoms with E-state index in [9.17, 15) is 0 Å². The summed E-state index contributed by atoms with van der Waals surface area (Å²) in [4.78, 5) is 0. The second-order valence-corrected chi connectivity index (χ2v) is 34.8. The van der Waals surface area contributed by atoms with E-state index >= 15 is 0 Å². The molecule has 1 aromatic heterocycles. The number of aryl methyl sites for hydroxylation is 2. The van der Waals surface area contributed by atoms with E-state index in [-0.39, 0.29) is 7.45 Å². The molecule has 0 spiro atoms. The lowest BCUT2D eigenvalue weighted by molar-refractivity contribution is 0.484. The summed E-state index contributed by atoms with van der Waals surface area (Å²) in [6, 6.07) is 2.46. The van der Waals surface area contributed by atoms with Gasteiger partial charge in [-0.3, -0.25) is 0 Å². The van der Waals surface area contributed by atoms with Gasteiger partial charge in [-0.2, -0.15) is 5.10 Å². The molecule has 0 aromatic carbocycles. The van der Waals surface area contributed by atoms with Crippen molar-refractivity contribution in [3.05, 3.63) is 17.5 Å². The van der Waals surface area contributed by atoms with E-state index in [1.54, 1.807) is 57.1 Å². The minimum absolute atomic E-state index is 0.0643. The standard InChI is InChI=1S/C29H51N2P4/c1-24-23-25(2)31(30-24)33-34(26-15-7-3-8-16-26,27-17-9-4-10-18-27)32-35(33,28-19-11-5-12-20-28)29-21-13-6-14-22-29/h23,26-29H,3-22H2,1-2H3/q+1. The van der Waals surface area contributed by atoms with Gasteiger partial charge < -0.3 is 0 Å². The predicted molar refractivity (Wildman–Crippen MR) is 162 cm³/mol. The summed E-state index contributed by atoms with van der Waals surface area (Å²) in [6.07, 6.45) is 30.0. The highest BCUT2D eigenvalue weighted by atomic mass is 32.9. The smallest absolute Gasteiger partial charge is 0.208 e. The molecular formula is C29H51N2P4+. The van der Waals surface area contributed by atoms with Gasteiger partial charge in [0.05, 0.1) is 24.6 Å². The Morgan fingerprint density at radius 2 is 1.14 bits per heavy atom. The molecule has 2 heterocycles. The van der Waals surface area contributed by atoms with Crippen LogP contribution < -0.4 is 0 Å². The van der Waals surface area contributed by atoms with E-state index in [1.165, 1.54) is 82.7 Å². The first-order chi connectivity index (χ1) is 17.2. The van der Waals surface area contributed by atoms with Crippen LogP contribution in [0.1, 0.15) is 140 Å². The van der Waals surface area contributed by atoms with Gasteiger partial charge in [-0.05, 0) is 108 Å². The van der Waals surface area contributed by atoms with Gasteiger partial charge in [-0.25, -0.2) is 4.45 Å². The Balaban J connectivity index is 1.57. The molecule has 4 fully saturated rings. The molecule has 196 valence electrons. The zero-order valence-corrected chi connectivity index (χ0v) is 26.3. The molecular weight excluding hydrogens is 500 g/mol. The lowest BCUT2D eigenvalue weighted by atomic mass is 10.00. The topological polar surface area (TPSA) is 17.8 Å². The fourth-order valence-electron chi connectivity index (χ4n) is 8.89. The van der Waals surface area contributed by atoms with Crippen molar-refractivity contribution in [2.45, 2.75) is 165 Å². The molecule has 35 heavy (non-hydrogen) atoms. The number of hydrogen-bond donors (Lipinski definition) is 0. The van der Waals surface area contributed by atoms with E-state index in [1.807, 2.05) is 0 Å². The third-order valence-electron chi connectivity index (χ3n) is 10.5. The van der Waals surface area contributed by atoms with Crippen LogP contribution in [0.25, 0.3) is 0 Å². The van der Waals surface area contributed by atoms with Gasteiger partial charge in [-0.1, -0.05) is 51.4 Å². The maximum absolute atomic E-state index is 5.50. The molecule has 4 saturated carbocycles. The van der Waals surface area contributed by atoms with Gasteiger partial charge in [0.1, 0.15) is 6.64 Å². The summed E-state index contributed by atoms with van der Waals surface area (Å²) in [5.41, 5.74) is 7.29. The Kier molecular flexibility index (Phi) is 8.27. The van der Waals surface area contributed by atoms with E-state index in [0.717, 1.165) is 22.6 Å². The average Bonchev–Trinajstić information content (AvgIpc) is 3.23. The van der Waals surface area contributed by atoms with Crippen LogP contribution in [-0.4, -0.2) is 32.2 Å². The molecule has 0 N–H and O–H groups in total. The van der Waals surface area contributed by atoms with E-state index in [4.69, 9.17) is 5.10 Å². The summed E-state index contributed by atoms with van der Waals surface area (Å²) in [6.45, 7) is 3.71. The highest BCUT2D eigenvalue weighted by molar-refractivity contribution is 9.00. The van der Waals surface area contributed by atoms with Crippen LogP contribution >= 0.6 is 27.9 Å². The summed E-state index contributed by atoms with van der Waals surface area (Å²) >= 11 is 0. The maximum Gasteiger partial charge on any atom is 0.217 e. The van der Waals surface area contributed by atoms with Crippen molar-refractivity contribution >= 4 is 27.9 Å². The molecule has 4 aliphatic carbocycles. The average molecular weight is 552 g/mol. The van der Waals surface area contributed by atoms with Crippen LogP contribution in [-0.2, 0) is 0 Å². The fraction of sp³-hybridized carbons (Fsp3) is 0.897. The molecule has 1 unspecified atom stereocenters. The molecule has 6 heteroatoms. The molecule has 1 atom stereocenters. The molecule has 0 saturated heterocycles. The lowest BCUT2D eigenvalue weighted by Gasteiger charge is -2.59. The van der Waals surface area contributed by atoms with Gasteiger partial charge in [-0.15, -0.1) is 0 Å². The first-order valence-electron chi connectivity index (χ1n) is 15.5. The minimum Gasteiger partial charge on any atom is -0.208 e. The van der Waals surface area contributed by atoms with Crippen LogP contribution in [0.4, 0.5) is 0 Å². The lowest BCUT2D eigenvalue weighted by Crippen LogP contribution is -2.33. The van der Waals surface area contributed by atoms with Crippen molar-refractivity contribution in [1.82, 2.24) is 9.55 Å². The van der Waals surface area contributed by atoms with Crippen LogP contribution in [0.15, 0.2) is 6.07 Å². The van der Waals surface area contributed by atoms with Crippen molar-refractivity contribution in [3.63, 3.8) is 0 Å². The largest absolute Gasteiger partial charge is 0.217 e. The monoisotopic (exact) mass is 551 g/mol. The third kappa shape index (κ3) is 4.54. The zero-order valence-electron chi connectivity index (χ0n) is 22.7. The molecule has 1 aromatic rings. The van der Waals surface area contributed by atoms with Crippen molar-refractivity contribution in [1.29, 1.82) is 0 Å². The zero-order chi connectivity index (χ0) is 23.9. The van der Waals surface area contributed by atoms with Gasteiger partial charge in [0.25, 0.3) is 0 Å². The number of nitrogens with zero attached hydrogens (tertiary/aromatic N) is 2. The molecule has 0 radical (unpaired) electrons. The Morgan fingerprint density at radius 3 is 1.54 bits per heavy atom. The van der Waals surface area contributed by atoms with Gasteiger partial charge in [0, 0.05) is 11.9 Å². The molecule has 0 bridgehead atoms. The molecule has 2 nitrogen and oxygen atoms in total. The van der Waals surface area contributed by atoms with Crippen LogP contribution in [0.5, 0.6) is 0 Å². The summed E-state index contributed by atoms with van der Waals surface area (Å²) in [5.74, 6) is 0. The summed E-state index contributed by atoms with van der Waals surface area (Å²) in [7, 11) is 2.12. The molecule has 1 aliphatic heterocycles. The SMILES string of the molecule is Cc1cc(C)n(P2P(C3CCCCC3)(C3CCCCC3)=P[P+]2(C2CCCCC2)C2CCCCC2)n1. The summed E-state index contributed by atoms with van der Waals surface area (Å²) < 4.78 is 2.87. The predicted octanol–water partition coefficient (Wildman–Crippen LogP) is 11.7. The third-order valence-corrected chi connectivity index (χ3v) is 53.7. The van der Waals surface area contributed by atoms with E-state index in [0.29, 0.717) is 0 Å². The van der Waals surface area contributed by atoms with Crippen molar-refractivity contribution < 1.29 is 0 Å². The van der Waals surface area contributed by atoms with Crippen molar-refractivity contribution in [2.24, 2.45) is 0 Å². The minimum atomic E-state index is -1.03. The van der Waals surface area contributed by atoms with Crippen molar-refractivity contribution in [2.75, 3.05) is 0 Å². The second kappa shape index (κ2) is 11.1.